The van der Waals surface area contributed by atoms with Crippen molar-refractivity contribution in [3.8, 4) is 0 Å². The molecule has 1 N–H and O–H groups in total. The SMILES string of the molecule is CCCn1cc(CNCC(C2CC2)C2CC2)cn1. The van der Waals surface area contributed by atoms with E-state index in [-0.39, 0.29) is 0 Å². The number of aromatic nitrogens is 2. The van der Waals surface area contributed by atoms with Gasteiger partial charge in [0.15, 0.2) is 0 Å². The van der Waals surface area contributed by atoms with E-state index in [4.69, 9.17) is 0 Å². The Morgan fingerprint density at radius 1 is 1.33 bits per heavy atom. The Morgan fingerprint density at radius 2 is 2.06 bits per heavy atom. The highest BCUT2D eigenvalue weighted by molar-refractivity contribution is 5.03. The van der Waals surface area contributed by atoms with E-state index in [1.807, 2.05) is 6.20 Å². The zero-order valence-electron chi connectivity index (χ0n) is 11.4. The molecule has 1 heterocycles. The predicted octanol–water partition coefficient (Wildman–Crippen LogP) is 2.82. The minimum Gasteiger partial charge on any atom is -0.312 e. The van der Waals surface area contributed by atoms with E-state index < -0.39 is 0 Å². The molecule has 100 valence electrons. The van der Waals surface area contributed by atoms with Gasteiger partial charge >= 0.3 is 0 Å². The number of rotatable bonds is 8. The van der Waals surface area contributed by atoms with Crippen LogP contribution in [0.5, 0.6) is 0 Å². The molecule has 3 nitrogen and oxygen atoms in total. The third-order valence-electron chi connectivity index (χ3n) is 4.30. The lowest BCUT2D eigenvalue weighted by Gasteiger charge is -2.15. The average molecular weight is 247 g/mol. The van der Waals surface area contributed by atoms with Crippen molar-refractivity contribution in [2.24, 2.45) is 17.8 Å². The van der Waals surface area contributed by atoms with Crippen LogP contribution in [0, 0.1) is 17.8 Å². The Morgan fingerprint density at radius 3 is 2.67 bits per heavy atom. The number of nitrogens with one attached hydrogen (secondary N) is 1. The molecule has 1 aromatic heterocycles. The Bertz CT molecular complexity index is 365. The minimum atomic E-state index is 0.968. The molecular formula is C15H25N3. The number of aryl methyl sites for hydroxylation is 1. The molecule has 0 atom stereocenters. The van der Waals surface area contributed by atoms with Gasteiger partial charge in [-0.25, -0.2) is 0 Å². The highest BCUT2D eigenvalue weighted by Crippen LogP contribution is 2.48. The van der Waals surface area contributed by atoms with Crippen molar-refractivity contribution in [1.29, 1.82) is 0 Å². The minimum absolute atomic E-state index is 0.968. The molecule has 2 aliphatic carbocycles. The fraction of sp³-hybridized carbons (Fsp3) is 0.800. The summed E-state index contributed by atoms with van der Waals surface area (Å²) in [6.07, 6.45) is 11.3. The van der Waals surface area contributed by atoms with Crippen molar-refractivity contribution in [3.05, 3.63) is 18.0 Å². The van der Waals surface area contributed by atoms with Gasteiger partial charge in [-0.15, -0.1) is 0 Å². The van der Waals surface area contributed by atoms with Gasteiger partial charge in [0.1, 0.15) is 0 Å². The Labute approximate surface area is 110 Å². The first-order valence-electron chi connectivity index (χ1n) is 7.59. The van der Waals surface area contributed by atoms with Crippen LogP contribution in [0.1, 0.15) is 44.6 Å². The summed E-state index contributed by atoms with van der Waals surface area (Å²) in [6.45, 7) is 5.43. The number of nitrogens with zero attached hydrogens (tertiary/aromatic N) is 2. The number of hydrogen-bond donors (Lipinski definition) is 1. The molecule has 3 rings (SSSR count). The molecule has 0 spiro atoms. The van der Waals surface area contributed by atoms with E-state index in [0.29, 0.717) is 0 Å². The molecule has 2 aliphatic rings. The zero-order valence-corrected chi connectivity index (χ0v) is 11.4. The first-order valence-corrected chi connectivity index (χ1v) is 7.59. The summed E-state index contributed by atoms with van der Waals surface area (Å²) in [5, 5.41) is 8.02. The lowest BCUT2D eigenvalue weighted by Crippen LogP contribution is -2.25. The van der Waals surface area contributed by atoms with Crippen molar-refractivity contribution in [1.82, 2.24) is 15.1 Å². The van der Waals surface area contributed by atoms with Crippen molar-refractivity contribution < 1.29 is 0 Å². The molecule has 0 bridgehead atoms. The molecule has 0 aromatic carbocycles. The van der Waals surface area contributed by atoms with Gasteiger partial charge in [0.25, 0.3) is 0 Å². The quantitative estimate of drug-likeness (QED) is 0.765. The first-order chi connectivity index (χ1) is 8.86. The number of hydrogen-bond acceptors (Lipinski definition) is 2. The van der Waals surface area contributed by atoms with Crippen LogP contribution < -0.4 is 5.32 Å². The smallest absolute Gasteiger partial charge is 0.0534 e. The molecule has 0 aliphatic heterocycles. The molecule has 0 saturated heterocycles. The molecule has 1 aromatic rings. The van der Waals surface area contributed by atoms with Gasteiger partial charge in [-0.3, -0.25) is 4.68 Å². The molecule has 3 heteroatoms. The van der Waals surface area contributed by atoms with Gasteiger partial charge in [-0.2, -0.15) is 5.10 Å². The van der Waals surface area contributed by atoms with E-state index in [2.05, 4.69) is 28.2 Å². The summed E-state index contributed by atoms with van der Waals surface area (Å²) in [7, 11) is 0. The van der Waals surface area contributed by atoms with Crippen LogP contribution in [-0.4, -0.2) is 16.3 Å². The molecular weight excluding hydrogens is 222 g/mol. The van der Waals surface area contributed by atoms with E-state index in [9.17, 15) is 0 Å². The summed E-state index contributed by atoms with van der Waals surface area (Å²) in [4.78, 5) is 0. The van der Waals surface area contributed by atoms with Crippen LogP contribution in [0.25, 0.3) is 0 Å². The summed E-state index contributed by atoms with van der Waals surface area (Å²) in [6, 6.07) is 0. The second kappa shape index (κ2) is 5.43. The normalized spacial score (nSPS) is 19.7. The van der Waals surface area contributed by atoms with Gasteiger partial charge < -0.3 is 5.32 Å². The van der Waals surface area contributed by atoms with Crippen LogP contribution >= 0.6 is 0 Å². The van der Waals surface area contributed by atoms with Gasteiger partial charge in [0, 0.05) is 24.8 Å². The van der Waals surface area contributed by atoms with Crippen LogP contribution in [-0.2, 0) is 13.1 Å². The lowest BCUT2D eigenvalue weighted by atomic mass is 9.98. The van der Waals surface area contributed by atoms with Crippen molar-refractivity contribution in [3.63, 3.8) is 0 Å². The highest BCUT2D eigenvalue weighted by Gasteiger charge is 2.40. The Kier molecular flexibility index (Phi) is 3.69. The van der Waals surface area contributed by atoms with Gasteiger partial charge in [0.2, 0.25) is 0 Å². The maximum atomic E-state index is 4.38. The lowest BCUT2D eigenvalue weighted by molar-refractivity contribution is 0.378. The fourth-order valence-electron chi connectivity index (χ4n) is 3.00. The molecule has 2 fully saturated rings. The second-order valence-corrected chi connectivity index (χ2v) is 6.08. The van der Waals surface area contributed by atoms with Gasteiger partial charge in [-0.05, 0) is 56.4 Å². The fourth-order valence-corrected chi connectivity index (χ4v) is 3.00. The largest absolute Gasteiger partial charge is 0.312 e. The van der Waals surface area contributed by atoms with Crippen molar-refractivity contribution in [2.45, 2.75) is 52.1 Å². The predicted molar refractivity (Wildman–Crippen MR) is 73.2 cm³/mol. The monoisotopic (exact) mass is 247 g/mol. The molecule has 0 radical (unpaired) electrons. The van der Waals surface area contributed by atoms with Gasteiger partial charge in [0.05, 0.1) is 6.20 Å². The van der Waals surface area contributed by atoms with Crippen LogP contribution in [0.4, 0.5) is 0 Å². The average Bonchev–Trinajstić information content (AvgIpc) is 3.27. The van der Waals surface area contributed by atoms with Crippen LogP contribution in [0.2, 0.25) is 0 Å². The van der Waals surface area contributed by atoms with E-state index in [1.54, 1.807) is 0 Å². The van der Waals surface area contributed by atoms with E-state index >= 15 is 0 Å². The molecule has 0 unspecified atom stereocenters. The first kappa shape index (κ1) is 12.2. The molecule has 2 saturated carbocycles. The summed E-state index contributed by atoms with van der Waals surface area (Å²) < 4.78 is 2.05. The maximum Gasteiger partial charge on any atom is 0.0534 e. The van der Waals surface area contributed by atoms with E-state index in [0.717, 1.165) is 37.3 Å². The molecule has 0 amide bonds. The maximum absolute atomic E-state index is 4.38. The van der Waals surface area contributed by atoms with E-state index in [1.165, 1.54) is 37.8 Å². The summed E-state index contributed by atoms with van der Waals surface area (Å²) >= 11 is 0. The highest BCUT2D eigenvalue weighted by atomic mass is 15.3. The third-order valence-corrected chi connectivity index (χ3v) is 4.30. The van der Waals surface area contributed by atoms with Crippen molar-refractivity contribution >= 4 is 0 Å². The topological polar surface area (TPSA) is 29.9 Å². The van der Waals surface area contributed by atoms with Gasteiger partial charge in [-0.1, -0.05) is 6.92 Å². The Balaban J connectivity index is 1.42. The Hall–Kier alpha value is -0.830. The zero-order chi connectivity index (χ0) is 12.4. The van der Waals surface area contributed by atoms with Crippen molar-refractivity contribution in [2.75, 3.05) is 6.54 Å². The molecule has 18 heavy (non-hydrogen) atoms. The van der Waals surface area contributed by atoms with Crippen LogP contribution in [0.15, 0.2) is 12.4 Å². The second-order valence-electron chi connectivity index (χ2n) is 6.08. The van der Waals surface area contributed by atoms with Crippen LogP contribution in [0.3, 0.4) is 0 Å². The summed E-state index contributed by atoms with van der Waals surface area (Å²) in [5.74, 6) is 3.07. The summed E-state index contributed by atoms with van der Waals surface area (Å²) in [5.41, 5.74) is 1.33. The standard InChI is InChI=1S/C15H25N3/c1-2-7-18-11-12(9-17-18)8-16-10-15(13-3-4-13)14-5-6-14/h9,11,13-16H,2-8,10H2,1H3. The third kappa shape index (κ3) is 3.14.